The highest BCUT2D eigenvalue weighted by molar-refractivity contribution is 9.11. The number of hydrogen-bond acceptors (Lipinski definition) is 4. The predicted octanol–water partition coefficient (Wildman–Crippen LogP) is 2.52. The third kappa shape index (κ3) is 2.91. The fourth-order valence-corrected chi connectivity index (χ4v) is 2.46. The lowest BCUT2D eigenvalue weighted by atomic mass is 10.4. The Morgan fingerprint density at radius 1 is 1.61 bits per heavy atom. The average Bonchev–Trinajstić information content (AvgIpc) is 2.64. The number of aliphatic carboxylic acids is 1. The number of carbonyl (C=O) groups is 1. The summed E-state index contributed by atoms with van der Waals surface area (Å²) in [7, 11) is 0. The van der Waals surface area contributed by atoms with E-state index < -0.39 is 5.97 Å². The first kappa shape index (κ1) is 13.1. The van der Waals surface area contributed by atoms with Crippen LogP contribution >= 0.6 is 27.7 Å². The Hall–Kier alpha value is -1.34. The van der Waals surface area contributed by atoms with E-state index in [1.807, 2.05) is 10.6 Å². The minimum absolute atomic E-state index is 0.0297. The van der Waals surface area contributed by atoms with E-state index >= 15 is 0 Å². The van der Waals surface area contributed by atoms with Crippen LogP contribution < -0.4 is 0 Å². The predicted molar refractivity (Wildman–Crippen MR) is 74.0 cm³/mol. The first-order chi connectivity index (χ1) is 8.58. The standard InChI is InChI=1S/C11H10BrN3O2S/c1-7(12)5-15-10-8(3-2-4-13-10)14-11(15)18-6-9(16)17/h2-4H,1,5-6H2,(H,16,17). The molecule has 0 unspecified atom stereocenters. The summed E-state index contributed by atoms with van der Waals surface area (Å²) in [6.07, 6.45) is 1.68. The molecule has 18 heavy (non-hydrogen) atoms. The summed E-state index contributed by atoms with van der Waals surface area (Å²) in [6, 6.07) is 3.65. The number of allylic oxidation sites excluding steroid dienone is 1. The third-order valence-corrected chi connectivity index (χ3v) is 3.34. The van der Waals surface area contributed by atoms with Crippen molar-refractivity contribution in [3.05, 3.63) is 29.4 Å². The summed E-state index contributed by atoms with van der Waals surface area (Å²) >= 11 is 4.47. The number of imidazole rings is 1. The lowest BCUT2D eigenvalue weighted by Gasteiger charge is -2.05. The monoisotopic (exact) mass is 327 g/mol. The van der Waals surface area contributed by atoms with E-state index in [-0.39, 0.29) is 5.75 Å². The quantitative estimate of drug-likeness (QED) is 0.854. The van der Waals surface area contributed by atoms with Crippen molar-refractivity contribution in [1.82, 2.24) is 14.5 Å². The third-order valence-electron chi connectivity index (χ3n) is 2.12. The van der Waals surface area contributed by atoms with Crippen LogP contribution in [0.25, 0.3) is 11.2 Å². The summed E-state index contributed by atoms with van der Waals surface area (Å²) in [4.78, 5) is 19.3. The molecule has 94 valence electrons. The van der Waals surface area contributed by atoms with E-state index in [0.717, 1.165) is 15.6 Å². The molecule has 0 aromatic carbocycles. The van der Waals surface area contributed by atoms with Gasteiger partial charge in [-0.15, -0.1) is 0 Å². The molecule has 0 aliphatic carbocycles. The number of aromatic nitrogens is 3. The molecule has 0 saturated heterocycles. The van der Waals surface area contributed by atoms with Crippen molar-refractivity contribution in [2.45, 2.75) is 11.7 Å². The van der Waals surface area contributed by atoms with Crippen LogP contribution in [0.5, 0.6) is 0 Å². The van der Waals surface area contributed by atoms with Gasteiger partial charge in [0.1, 0.15) is 5.52 Å². The van der Waals surface area contributed by atoms with Gasteiger partial charge in [-0.2, -0.15) is 0 Å². The van der Waals surface area contributed by atoms with Gasteiger partial charge in [0.2, 0.25) is 0 Å². The molecule has 2 aromatic heterocycles. The number of hydrogen-bond donors (Lipinski definition) is 1. The van der Waals surface area contributed by atoms with Crippen LogP contribution in [-0.4, -0.2) is 31.4 Å². The fraction of sp³-hybridized carbons (Fsp3) is 0.182. The molecule has 0 fully saturated rings. The van der Waals surface area contributed by atoms with E-state index in [9.17, 15) is 4.79 Å². The molecular formula is C11H10BrN3O2S. The molecule has 2 rings (SSSR count). The molecule has 0 aliphatic rings. The van der Waals surface area contributed by atoms with Crippen LogP contribution in [0, 0.1) is 0 Å². The van der Waals surface area contributed by atoms with E-state index in [2.05, 4.69) is 32.5 Å². The van der Waals surface area contributed by atoms with Gasteiger partial charge in [0.25, 0.3) is 0 Å². The van der Waals surface area contributed by atoms with Gasteiger partial charge < -0.3 is 5.11 Å². The Morgan fingerprint density at radius 2 is 2.39 bits per heavy atom. The highest BCUT2D eigenvalue weighted by Gasteiger charge is 2.13. The Morgan fingerprint density at radius 3 is 3.06 bits per heavy atom. The summed E-state index contributed by atoms with van der Waals surface area (Å²) in [5.41, 5.74) is 1.48. The number of halogens is 1. The maximum Gasteiger partial charge on any atom is 0.313 e. The number of rotatable bonds is 5. The first-order valence-electron chi connectivity index (χ1n) is 5.07. The largest absolute Gasteiger partial charge is 0.481 e. The van der Waals surface area contributed by atoms with Gasteiger partial charge in [0.15, 0.2) is 10.8 Å². The summed E-state index contributed by atoms with van der Waals surface area (Å²) < 4.78 is 2.63. The molecular weight excluding hydrogens is 318 g/mol. The van der Waals surface area contributed by atoms with Gasteiger partial charge in [-0.05, 0) is 12.1 Å². The zero-order valence-corrected chi connectivity index (χ0v) is 11.7. The Kier molecular flexibility index (Phi) is 4.03. The fourth-order valence-electron chi connectivity index (χ4n) is 1.49. The summed E-state index contributed by atoms with van der Waals surface area (Å²) in [6.45, 7) is 4.30. The van der Waals surface area contributed by atoms with Crippen molar-refractivity contribution in [2.24, 2.45) is 0 Å². The van der Waals surface area contributed by atoms with Crippen LogP contribution in [0.4, 0.5) is 0 Å². The lowest BCUT2D eigenvalue weighted by molar-refractivity contribution is -0.133. The van der Waals surface area contributed by atoms with Crippen LogP contribution in [0.1, 0.15) is 0 Å². The molecule has 1 N–H and O–H groups in total. The highest BCUT2D eigenvalue weighted by Crippen LogP contribution is 2.24. The van der Waals surface area contributed by atoms with Gasteiger partial charge in [0, 0.05) is 10.7 Å². The van der Waals surface area contributed by atoms with Crippen LogP contribution in [0.15, 0.2) is 34.5 Å². The maximum absolute atomic E-state index is 10.6. The maximum atomic E-state index is 10.6. The molecule has 2 heterocycles. The van der Waals surface area contributed by atoms with Crippen LogP contribution in [0.3, 0.4) is 0 Å². The number of thioether (sulfide) groups is 1. The second kappa shape index (κ2) is 5.53. The molecule has 0 aliphatic heterocycles. The topological polar surface area (TPSA) is 68.0 Å². The zero-order valence-electron chi connectivity index (χ0n) is 9.34. The Labute approximate surface area is 116 Å². The minimum Gasteiger partial charge on any atom is -0.481 e. The van der Waals surface area contributed by atoms with E-state index in [4.69, 9.17) is 5.11 Å². The van der Waals surface area contributed by atoms with Gasteiger partial charge in [0.05, 0.1) is 12.3 Å². The Bertz CT molecular complexity index is 611. The SMILES string of the molecule is C=C(Br)Cn1c(SCC(=O)O)nc2cccnc21. The summed E-state index contributed by atoms with van der Waals surface area (Å²) in [5.74, 6) is -0.901. The Balaban J connectivity index is 2.42. The number of nitrogens with zero attached hydrogens (tertiary/aromatic N) is 3. The van der Waals surface area contributed by atoms with Crippen LogP contribution in [-0.2, 0) is 11.3 Å². The molecule has 0 bridgehead atoms. The van der Waals surface area contributed by atoms with E-state index in [0.29, 0.717) is 11.7 Å². The zero-order chi connectivity index (χ0) is 13.1. The van der Waals surface area contributed by atoms with Crippen molar-refractivity contribution in [3.8, 4) is 0 Å². The average molecular weight is 328 g/mol. The van der Waals surface area contributed by atoms with Gasteiger partial charge in [-0.1, -0.05) is 34.3 Å². The van der Waals surface area contributed by atoms with Gasteiger partial charge in [-0.25, -0.2) is 9.97 Å². The normalized spacial score (nSPS) is 10.7. The minimum atomic E-state index is -0.871. The second-order valence-corrected chi connectivity index (χ2v) is 5.59. The smallest absolute Gasteiger partial charge is 0.313 e. The number of carboxylic acids is 1. The first-order valence-corrected chi connectivity index (χ1v) is 6.85. The molecule has 7 heteroatoms. The second-order valence-electron chi connectivity index (χ2n) is 3.53. The molecule has 2 aromatic rings. The van der Waals surface area contributed by atoms with Crippen LogP contribution in [0.2, 0.25) is 0 Å². The molecule has 0 saturated carbocycles. The molecule has 0 radical (unpaired) electrons. The lowest BCUT2D eigenvalue weighted by Crippen LogP contribution is -2.04. The molecule has 0 spiro atoms. The summed E-state index contributed by atoms with van der Waals surface area (Å²) in [5, 5.41) is 9.35. The van der Waals surface area contributed by atoms with Gasteiger partial charge in [-0.3, -0.25) is 9.36 Å². The molecule has 0 amide bonds. The molecule has 0 atom stereocenters. The van der Waals surface area contributed by atoms with Crippen molar-refractivity contribution in [1.29, 1.82) is 0 Å². The van der Waals surface area contributed by atoms with Gasteiger partial charge >= 0.3 is 5.97 Å². The van der Waals surface area contributed by atoms with Crippen molar-refractivity contribution < 1.29 is 9.90 Å². The number of fused-ring (bicyclic) bond motifs is 1. The number of carboxylic acid groups (broad SMARTS) is 1. The molecule has 5 nitrogen and oxygen atoms in total. The number of pyridine rings is 1. The van der Waals surface area contributed by atoms with Crippen molar-refractivity contribution in [3.63, 3.8) is 0 Å². The van der Waals surface area contributed by atoms with E-state index in [1.54, 1.807) is 12.3 Å². The van der Waals surface area contributed by atoms with E-state index in [1.165, 1.54) is 11.8 Å². The van der Waals surface area contributed by atoms with Crippen molar-refractivity contribution >= 4 is 44.8 Å². The van der Waals surface area contributed by atoms with Crippen molar-refractivity contribution in [2.75, 3.05) is 5.75 Å². The highest BCUT2D eigenvalue weighted by atomic mass is 79.9.